The number of nitrogens with zero attached hydrogens (tertiary/aromatic N) is 1. The van der Waals surface area contributed by atoms with Crippen molar-refractivity contribution in [1.82, 2.24) is 4.90 Å². The molecule has 0 heterocycles. The summed E-state index contributed by atoms with van der Waals surface area (Å²) in [5, 5.41) is 0. The van der Waals surface area contributed by atoms with Gasteiger partial charge in [-0.2, -0.15) is 0 Å². The maximum absolute atomic E-state index is 13.1. The molecule has 0 aliphatic heterocycles. The molecule has 3 aromatic carbocycles. The minimum Gasteiger partial charge on any atom is -0.490 e. The molecule has 2 N–H and O–H groups in total. The molecule has 166 valence electrons. The summed E-state index contributed by atoms with van der Waals surface area (Å²) in [5.41, 5.74) is 6.94. The van der Waals surface area contributed by atoms with Crippen LogP contribution in [0.15, 0.2) is 84.9 Å². The monoisotopic (exact) mass is 432 g/mol. The predicted octanol–water partition coefficient (Wildman–Crippen LogP) is 3.70. The van der Waals surface area contributed by atoms with Crippen molar-refractivity contribution >= 4 is 11.8 Å². The third-order valence-corrected chi connectivity index (χ3v) is 4.87. The highest BCUT2D eigenvalue weighted by Crippen LogP contribution is 2.16. The van der Waals surface area contributed by atoms with Gasteiger partial charge in [-0.1, -0.05) is 54.6 Å². The third kappa shape index (κ3) is 7.47. The quantitative estimate of drug-likeness (QED) is 0.443. The normalized spacial score (nSPS) is 10.4. The molecule has 0 bridgehead atoms. The van der Waals surface area contributed by atoms with E-state index in [2.05, 4.69) is 0 Å². The first kappa shape index (κ1) is 22.9. The van der Waals surface area contributed by atoms with E-state index in [1.165, 1.54) is 0 Å². The largest absolute Gasteiger partial charge is 0.490 e. The first-order valence-electron chi connectivity index (χ1n) is 10.6. The minimum absolute atomic E-state index is 0.119. The molecule has 0 radical (unpaired) electrons. The Morgan fingerprint density at radius 2 is 1.38 bits per heavy atom. The summed E-state index contributed by atoms with van der Waals surface area (Å²) in [4.78, 5) is 26.1. The van der Waals surface area contributed by atoms with E-state index in [1.807, 2.05) is 60.7 Å². The van der Waals surface area contributed by atoms with Crippen LogP contribution in [0.4, 0.5) is 0 Å². The molecule has 32 heavy (non-hydrogen) atoms. The van der Waals surface area contributed by atoms with Gasteiger partial charge in [-0.15, -0.1) is 0 Å². The summed E-state index contributed by atoms with van der Waals surface area (Å²) in [7, 11) is 0. The van der Waals surface area contributed by atoms with Gasteiger partial charge in [0.25, 0.3) is 5.91 Å². The summed E-state index contributed by atoms with van der Waals surface area (Å²) in [6.45, 7) is 1.51. The minimum atomic E-state index is -0.432. The van der Waals surface area contributed by atoms with Crippen molar-refractivity contribution in [3.63, 3.8) is 0 Å². The van der Waals surface area contributed by atoms with Crippen molar-refractivity contribution in [3.05, 3.63) is 96.1 Å². The second kappa shape index (κ2) is 12.2. The maximum atomic E-state index is 13.1. The Balaban J connectivity index is 1.58. The molecule has 0 spiro atoms. The molecular formula is C26H28N2O4. The zero-order valence-corrected chi connectivity index (χ0v) is 18.0. The van der Waals surface area contributed by atoms with Gasteiger partial charge in [0.05, 0.1) is 0 Å². The molecule has 6 heteroatoms. The summed E-state index contributed by atoms with van der Waals surface area (Å²) < 4.78 is 11.4. The number of nitrogens with two attached hydrogens (primary N) is 1. The number of hydrogen-bond donors (Lipinski definition) is 1. The van der Waals surface area contributed by atoms with Gasteiger partial charge in [-0.25, -0.2) is 0 Å². The van der Waals surface area contributed by atoms with Crippen molar-refractivity contribution in [2.75, 3.05) is 26.3 Å². The zero-order valence-electron chi connectivity index (χ0n) is 18.0. The number of benzene rings is 3. The van der Waals surface area contributed by atoms with Gasteiger partial charge in [-0.05, 0) is 42.3 Å². The van der Waals surface area contributed by atoms with Gasteiger partial charge < -0.3 is 20.1 Å². The Kier molecular flexibility index (Phi) is 8.69. The van der Waals surface area contributed by atoms with Crippen LogP contribution in [0.2, 0.25) is 0 Å². The van der Waals surface area contributed by atoms with E-state index in [9.17, 15) is 9.59 Å². The third-order valence-electron chi connectivity index (χ3n) is 4.87. The van der Waals surface area contributed by atoms with E-state index >= 15 is 0 Å². The van der Waals surface area contributed by atoms with Gasteiger partial charge in [0.15, 0.2) is 0 Å². The lowest BCUT2D eigenvalue weighted by molar-refractivity contribution is -0.118. The lowest BCUT2D eigenvalue weighted by Crippen LogP contribution is -2.35. The second-order valence-corrected chi connectivity index (χ2v) is 7.28. The standard InChI is InChI=1S/C26H28N2O4/c27-25(29)15-17-28(16-14-21-8-3-1-4-9-21)26(30)22-10-7-13-24(20-22)32-19-18-31-23-11-5-2-6-12-23/h1-13,20H,14-19H2,(H2,27,29). The Bertz CT molecular complexity index is 993. The molecule has 0 atom stereocenters. The van der Waals surface area contributed by atoms with Gasteiger partial charge >= 0.3 is 0 Å². The first-order valence-corrected chi connectivity index (χ1v) is 10.6. The molecule has 0 aromatic heterocycles. The fraction of sp³-hybridized carbons (Fsp3) is 0.231. The summed E-state index contributed by atoms with van der Waals surface area (Å²) >= 11 is 0. The molecule has 0 fully saturated rings. The fourth-order valence-electron chi connectivity index (χ4n) is 3.21. The van der Waals surface area contributed by atoms with E-state index in [4.69, 9.17) is 15.2 Å². The van der Waals surface area contributed by atoms with E-state index in [0.29, 0.717) is 37.5 Å². The van der Waals surface area contributed by atoms with Crippen molar-refractivity contribution < 1.29 is 19.1 Å². The molecular weight excluding hydrogens is 404 g/mol. The van der Waals surface area contributed by atoms with E-state index in [0.717, 1.165) is 11.3 Å². The van der Waals surface area contributed by atoms with Crippen LogP contribution in [0, 0.1) is 0 Å². The average molecular weight is 433 g/mol. The summed E-state index contributed by atoms with van der Waals surface area (Å²) in [6, 6.07) is 26.5. The Morgan fingerprint density at radius 1 is 0.750 bits per heavy atom. The lowest BCUT2D eigenvalue weighted by atomic mass is 10.1. The van der Waals surface area contributed by atoms with Crippen LogP contribution in [-0.4, -0.2) is 43.0 Å². The highest BCUT2D eigenvalue weighted by molar-refractivity contribution is 5.94. The van der Waals surface area contributed by atoms with Crippen LogP contribution in [0.1, 0.15) is 22.3 Å². The predicted molar refractivity (Wildman–Crippen MR) is 124 cm³/mol. The van der Waals surface area contributed by atoms with Crippen LogP contribution >= 0.6 is 0 Å². The number of rotatable bonds is 12. The second-order valence-electron chi connectivity index (χ2n) is 7.28. The Morgan fingerprint density at radius 3 is 2.06 bits per heavy atom. The number of amides is 2. The Labute approximate surface area is 188 Å². The smallest absolute Gasteiger partial charge is 0.254 e. The molecule has 3 rings (SSSR count). The molecule has 0 saturated heterocycles. The van der Waals surface area contributed by atoms with Crippen LogP contribution in [0.3, 0.4) is 0 Å². The van der Waals surface area contributed by atoms with Crippen LogP contribution in [0.25, 0.3) is 0 Å². The average Bonchev–Trinajstić information content (AvgIpc) is 2.83. The van der Waals surface area contributed by atoms with Gasteiger partial charge in [0.2, 0.25) is 5.91 Å². The number of para-hydroxylation sites is 1. The Hall–Kier alpha value is -3.80. The van der Waals surface area contributed by atoms with Crippen LogP contribution < -0.4 is 15.2 Å². The molecule has 2 amide bonds. The number of hydrogen-bond acceptors (Lipinski definition) is 4. The SMILES string of the molecule is NC(=O)CCN(CCc1ccccc1)C(=O)c1cccc(OCCOc2ccccc2)c1. The molecule has 6 nitrogen and oxygen atoms in total. The highest BCUT2D eigenvalue weighted by atomic mass is 16.5. The molecule has 0 unspecified atom stereocenters. The van der Waals surface area contributed by atoms with Crippen LogP contribution in [-0.2, 0) is 11.2 Å². The lowest BCUT2D eigenvalue weighted by Gasteiger charge is -2.22. The van der Waals surface area contributed by atoms with Gasteiger partial charge in [-0.3, -0.25) is 9.59 Å². The van der Waals surface area contributed by atoms with E-state index < -0.39 is 5.91 Å². The topological polar surface area (TPSA) is 81.9 Å². The number of carbonyl (C=O) groups excluding carboxylic acids is 2. The molecule has 0 aliphatic carbocycles. The molecule has 3 aromatic rings. The molecule has 0 saturated carbocycles. The van der Waals surface area contributed by atoms with E-state index in [-0.39, 0.29) is 18.9 Å². The van der Waals surface area contributed by atoms with Gasteiger partial charge in [0, 0.05) is 25.1 Å². The summed E-state index contributed by atoms with van der Waals surface area (Å²) in [5.74, 6) is 0.778. The number of carbonyl (C=O) groups is 2. The van der Waals surface area contributed by atoms with Crippen molar-refractivity contribution in [2.24, 2.45) is 5.73 Å². The first-order chi connectivity index (χ1) is 15.6. The fourth-order valence-corrected chi connectivity index (χ4v) is 3.21. The number of primary amides is 1. The van der Waals surface area contributed by atoms with Crippen molar-refractivity contribution in [2.45, 2.75) is 12.8 Å². The van der Waals surface area contributed by atoms with E-state index in [1.54, 1.807) is 29.2 Å². The van der Waals surface area contributed by atoms with Crippen LogP contribution in [0.5, 0.6) is 11.5 Å². The summed E-state index contributed by atoms with van der Waals surface area (Å²) in [6.07, 6.45) is 0.811. The maximum Gasteiger partial charge on any atom is 0.254 e. The molecule has 0 aliphatic rings. The van der Waals surface area contributed by atoms with Crippen molar-refractivity contribution in [3.8, 4) is 11.5 Å². The van der Waals surface area contributed by atoms with Crippen molar-refractivity contribution in [1.29, 1.82) is 0 Å². The number of ether oxygens (including phenoxy) is 2. The van der Waals surface area contributed by atoms with Gasteiger partial charge in [0.1, 0.15) is 24.7 Å². The zero-order chi connectivity index (χ0) is 22.6. The highest BCUT2D eigenvalue weighted by Gasteiger charge is 2.17.